The molecule has 0 fully saturated rings. The standard InChI is InChI=1S/C14H13NO3/c15-13(14(17)18)11-8-10(6-7-12(11)16)9-4-2-1-3-5-9/h1-8,13,16H,15H2,(H,17,18)/t13-/m0/s1. The Balaban J connectivity index is 2.47. The van der Waals surface area contributed by atoms with E-state index in [0.29, 0.717) is 0 Å². The molecule has 0 aromatic heterocycles. The van der Waals surface area contributed by atoms with Crippen LogP contribution in [0.15, 0.2) is 48.5 Å². The van der Waals surface area contributed by atoms with Crippen molar-refractivity contribution in [1.29, 1.82) is 0 Å². The second kappa shape index (κ2) is 4.89. The minimum absolute atomic E-state index is 0.107. The minimum Gasteiger partial charge on any atom is -0.508 e. The number of carboxylic acid groups (broad SMARTS) is 1. The predicted octanol–water partition coefficient (Wildman–Crippen LogP) is 2.14. The van der Waals surface area contributed by atoms with Crippen LogP contribution in [0, 0.1) is 0 Å². The first kappa shape index (κ1) is 12.1. The van der Waals surface area contributed by atoms with E-state index in [1.54, 1.807) is 12.1 Å². The highest BCUT2D eigenvalue weighted by atomic mass is 16.4. The topological polar surface area (TPSA) is 83.6 Å². The summed E-state index contributed by atoms with van der Waals surface area (Å²) in [7, 11) is 0. The average molecular weight is 243 g/mol. The molecule has 1 atom stereocenters. The fourth-order valence-corrected chi connectivity index (χ4v) is 1.75. The Kier molecular flexibility index (Phi) is 3.30. The molecule has 92 valence electrons. The van der Waals surface area contributed by atoms with Gasteiger partial charge < -0.3 is 15.9 Å². The van der Waals surface area contributed by atoms with Crippen molar-refractivity contribution in [3.05, 3.63) is 54.1 Å². The van der Waals surface area contributed by atoms with Crippen LogP contribution in [0.4, 0.5) is 0 Å². The maximum Gasteiger partial charge on any atom is 0.325 e. The molecule has 2 rings (SSSR count). The van der Waals surface area contributed by atoms with Gasteiger partial charge in [-0.3, -0.25) is 4.79 Å². The molecule has 18 heavy (non-hydrogen) atoms. The van der Waals surface area contributed by atoms with Crippen molar-refractivity contribution in [1.82, 2.24) is 0 Å². The number of hydrogen-bond donors (Lipinski definition) is 3. The zero-order valence-corrected chi connectivity index (χ0v) is 9.58. The largest absolute Gasteiger partial charge is 0.508 e. The summed E-state index contributed by atoms with van der Waals surface area (Å²) in [5.74, 6) is -1.28. The lowest BCUT2D eigenvalue weighted by Crippen LogP contribution is -2.20. The van der Waals surface area contributed by atoms with Gasteiger partial charge in [-0.05, 0) is 23.3 Å². The number of benzene rings is 2. The summed E-state index contributed by atoms with van der Waals surface area (Å²) in [6, 6.07) is 13.0. The van der Waals surface area contributed by atoms with Crippen LogP contribution in [0.2, 0.25) is 0 Å². The monoisotopic (exact) mass is 243 g/mol. The third kappa shape index (κ3) is 2.33. The molecule has 0 unspecified atom stereocenters. The van der Waals surface area contributed by atoms with Crippen molar-refractivity contribution in [3.63, 3.8) is 0 Å². The van der Waals surface area contributed by atoms with E-state index in [0.717, 1.165) is 11.1 Å². The van der Waals surface area contributed by atoms with Crippen molar-refractivity contribution in [3.8, 4) is 16.9 Å². The number of nitrogens with two attached hydrogens (primary N) is 1. The summed E-state index contributed by atoms with van der Waals surface area (Å²) < 4.78 is 0. The van der Waals surface area contributed by atoms with Gasteiger partial charge in [0.25, 0.3) is 0 Å². The Bertz CT molecular complexity index is 567. The van der Waals surface area contributed by atoms with Gasteiger partial charge in [0.15, 0.2) is 0 Å². The Labute approximate surface area is 104 Å². The molecule has 0 aliphatic rings. The Hall–Kier alpha value is -2.33. The molecule has 4 heteroatoms. The third-order valence-electron chi connectivity index (χ3n) is 2.74. The Morgan fingerprint density at radius 1 is 1.06 bits per heavy atom. The van der Waals surface area contributed by atoms with Crippen LogP contribution in [0.5, 0.6) is 5.75 Å². The van der Waals surface area contributed by atoms with Gasteiger partial charge in [-0.1, -0.05) is 36.4 Å². The summed E-state index contributed by atoms with van der Waals surface area (Å²) in [5.41, 5.74) is 7.50. The molecule has 2 aromatic carbocycles. The third-order valence-corrected chi connectivity index (χ3v) is 2.74. The van der Waals surface area contributed by atoms with E-state index in [1.807, 2.05) is 30.3 Å². The van der Waals surface area contributed by atoms with E-state index in [1.165, 1.54) is 6.07 Å². The maximum atomic E-state index is 10.9. The first-order valence-corrected chi connectivity index (χ1v) is 5.46. The van der Waals surface area contributed by atoms with Crippen molar-refractivity contribution in [2.24, 2.45) is 5.73 Å². The molecule has 2 aromatic rings. The highest BCUT2D eigenvalue weighted by molar-refractivity contribution is 5.78. The van der Waals surface area contributed by atoms with Crippen LogP contribution in [0.3, 0.4) is 0 Å². The quantitative estimate of drug-likeness (QED) is 0.771. The second-order valence-corrected chi connectivity index (χ2v) is 3.96. The van der Waals surface area contributed by atoms with Crippen LogP contribution in [0.25, 0.3) is 11.1 Å². The SMILES string of the molecule is N[C@H](C(=O)O)c1cc(-c2ccccc2)ccc1O. The number of phenols is 1. The summed E-state index contributed by atoms with van der Waals surface area (Å²) in [5, 5.41) is 18.5. The van der Waals surface area contributed by atoms with E-state index < -0.39 is 12.0 Å². The molecule has 0 heterocycles. The smallest absolute Gasteiger partial charge is 0.325 e. The molecule has 0 aliphatic heterocycles. The molecule has 4 nitrogen and oxygen atoms in total. The van der Waals surface area contributed by atoms with Gasteiger partial charge in [-0.15, -0.1) is 0 Å². The van der Waals surface area contributed by atoms with Crippen molar-refractivity contribution < 1.29 is 15.0 Å². The lowest BCUT2D eigenvalue weighted by Gasteiger charge is -2.11. The van der Waals surface area contributed by atoms with Crippen LogP contribution in [-0.2, 0) is 4.79 Å². The Morgan fingerprint density at radius 3 is 2.33 bits per heavy atom. The fourth-order valence-electron chi connectivity index (χ4n) is 1.75. The molecular weight excluding hydrogens is 230 g/mol. The summed E-state index contributed by atoms with van der Waals surface area (Å²) in [4.78, 5) is 10.9. The minimum atomic E-state index is -1.23. The van der Waals surface area contributed by atoms with Crippen LogP contribution in [0.1, 0.15) is 11.6 Å². The van der Waals surface area contributed by atoms with Crippen molar-refractivity contribution in [2.75, 3.05) is 0 Å². The van der Waals surface area contributed by atoms with Crippen LogP contribution >= 0.6 is 0 Å². The molecule has 0 spiro atoms. The van der Waals surface area contributed by atoms with E-state index in [2.05, 4.69) is 0 Å². The van der Waals surface area contributed by atoms with Gasteiger partial charge in [0, 0.05) is 5.56 Å². The fraction of sp³-hybridized carbons (Fsp3) is 0.0714. The average Bonchev–Trinajstić information content (AvgIpc) is 2.39. The van der Waals surface area contributed by atoms with E-state index in [-0.39, 0.29) is 11.3 Å². The lowest BCUT2D eigenvalue weighted by molar-refractivity contribution is -0.138. The summed E-state index contributed by atoms with van der Waals surface area (Å²) >= 11 is 0. The molecular formula is C14H13NO3. The van der Waals surface area contributed by atoms with Gasteiger partial charge in [-0.2, -0.15) is 0 Å². The summed E-state index contributed by atoms with van der Waals surface area (Å²) in [6.45, 7) is 0. The first-order valence-electron chi connectivity index (χ1n) is 5.46. The molecule has 0 aliphatic carbocycles. The predicted molar refractivity (Wildman–Crippen MR) is 68.1 cm³/mol. The number of phenolic OH excluding ortho intramolecular Hbond substituents is 1. The zero-order chi connectivity index (χ0) is 13.1. The van der Waals surface area contributed by atoms with E-state index >= 15 is 0 Å². The molecule has 4 N–H and O–H groups in total. The number of aliphatic carboxylic acids is 1. The van der Waals surface area contributed by atoms with E-state index in [9.17, 15) is 9.90 Å². The number of rotatable bonds is 3. The highest BCUT2D eigenvalue weighted by Gasteiger charge is 2.18. The molecule has 0 bridgehead atoms. The highest BCUT2D eigenvalue weighted by Crippen LogP contribution is 2.29. The zero-order valence-electron chi connectivity index (χ0n) is 9.58. The van der Waals surface area contributed by atoms with Crippen molar-refractivity contribution >= 4 is 5.97 Å². The van der Waals surface area contributed by atoms with E-state index in [4.69, 9.17) is 10.8 Å². The van der Waals surface area contributed by atoms with Gasteiger partial charge in [0.1, 0.15) is 11.8 Å². The number of carboxylic acids is 1. The number of hydrogen-bond acceptors (Lipinski definition) is 3. The maximum absolute atomic E-state index is 10.9. The van der Waals surface area contributed by atoms with Gasteiger partial charge >= 0.3 is 5.97 Å². The Morgan fingerprint density at radius 2 is 1.72 bits per heavy atom. The first-order chi connectivity index (χ1) is 8.59. The van der Waals surface area contributed by atoms with Gasteiger partial charge in [-0.25, -0.2) is 0 Å². The molecule has 0 saturated carbocycles. The lowest BCUT2D eigenvalue weighted by atomic mass is 9.99. The summed E-state index contributed by atoms with van der Waals surface area (Å²) in [6.07, 6.45) is 0. The van der Waals surface area contributed by atoms with Gasteiger partial charge in [0.2, 0.25) is 0 Å². The molecule has 0 radical (unpaired) electrons. The molecule has 0 saturated heterocycles. The van der Waals surface area contributed by atoms with Crippen LogP contribution < -0.4 is 5.73 Å². The second-order valence-electron chi connectivity index (χ2n) is 3.96. The number of aromatic hydroxyl groups is 1. The number of carbonyl (C=O) groups is 1. The van der Waals surface area contributed by atoms with Crippen molar-refractivity contribution in [2.45, 2.75) is 6.04 Å². The molecule has 0 amide bonds. The normalized spacial score (nSPS) is 12.1. The van der Waals surface area contributed by atoms with Gasteiger partial charge in [0.05, 0.1) is 0 Å². The van der Waals surface area contributed by atoms with Crippen LogP contribution in [-0.4, -0.2) is 16.2 Å².